The van der Waals surface area contributed by atoms with Crippen molar-refractivity contribution in [3.05, 3.63) is 33.8 Å². The highest BCUT2D eigenvalue weighted by Gasteiger charge is 2.11. The van der Waals surface area contributed by atoms with Crippen molar-refractivity contribution in [2.24, 2.45) is 4.99 Å². The normalized spacial score (nSPS) is 11.8. The van der Waals surface area contributed by atoms with Crippen molar-refractivity contribution < 1.29 is 0 Å². The molecule has 0 fully saturated rings. The lowest BCUT2D eigenvalue weighted by Crippen LogP contribution is -2.47. The summed E-state index contributed by atoms with van der Waals surface area (Å²) in [5, 5.41) is 7.78. The van der Waals surface area contributed by atoms with Gasteiger partial charge in [-0.05, 0) is 38.5 Å². The predicted molar refractivity (Wildman–Crippen MR) is 95.0 cm³/mol. The fraction of sp³-hybridized carbons (Fsp3) is 0.462. The maximum absolute atomic E-state index is 6.10. The van der Waals surface area contributed by atoms with E-state index in [1.165, 1.54) is 0 Å². The Bertz CT molecular complexity index is 442. The van der Waals surface area contributed by atoms with Gasteiger partial charge in [0.25, 0.3) is 0 Å². The van der Waals surface area contributed by atoms with E-state index in [1.807, 2.05) is 12.1 Å². The number of rotatable bonds is 2. The molecule has 0 heterocycles. The summed E-state index contributed by atoms with van der Waals surface area (Å²) in [6.45, 7) is 6.84. The van der Waals surface area contributed by atoms with Gasteiger partial charge < -0.3 is 10.6 Å². The molecule has 0 bridgehead atoms. The van der Waals surface area contributed by atoms with Gasteiger partial charge in [-0.25, -0.2) is 0 Å². The number of guanidine groups is 1. The molecule has 0 atom stereocenters. The summed E-state index contributed by atoms with van der Waals surface area (Å²) >= 11 is 12.0. The SMILES string of the molecule is CN=C(NCc1ccc(Cl)cc1Cl)NC(C)(C)C.I. The standard InChI is InChI=1S/C13H19Cl2N3.HI/c1-13(2,3)18-12(16-4)17-8-9-5-6-10(14)7-11(9)15;/h5-7H,8H2,1-4H3,(H2,16,17,18);1H. The van der Waals surface area contributed by atoms with Crippen molar-refractivity contribution in [3.63, 3.8) is 0 Å². The molecule has 2 N–H and O–H groups in total. The lowest BCUT2D eigenvalue weighted by Gasteiger charge is -2.23. The molecular formula is C13H20Cl2IN3. The minimum Gasteiger partial charge on any atom is -0.352 e. The van der Waals surface area contributed by atoms with E-state index >= 15 is 0 Å². The van der Waals surface area contributed by atoms with E-state index in [4.69, 9.17) is 23.2 Å². The van der Waals surface area contributed by atoms with E-state index in [0.717, 1.165) is 11.5 Å². The monoisotopic (exact) mass is 415 g/mol. The Morgan fingerprint density at radius 3 is 2.37 bits per heavy atom. The molecule has 19 heavy (non-hydrogen) atoms. The van der Waals surface area contributed by atoms with Crippen LogP contribution in [0.3, 0.4) is 0 Å². The third kappa shape index (κ3) is 7.22. The maximum Gasteiger partial charge on any atom is 0.191 e. The van der Waals surface area contributed by atoms with Crippen LogP contribution < -0.4 is 10.6 Å². The summed E-state index contributed by atoms with van der Waals surface area (Å²) in [7, 11) is 1.74. The quantitative estimate of drug-likeness (QED) is 0.433. The molecule has 0 saturated heterocycles. The van der Waals surface area contributed by atoms with Gasteiger partial charge in [-0.15, -0.1) is 24.0 Å². The number of nitrogens with one attached hydrogen (secondary N) is 2. The van der Waals surface area contributed by atoms with Gasteiger partial charge in [-0.3, -0.25) is 4.99 Å². The summed E-state index contributed by atoms with van der Waals surface area (Å²) in [6.07, 6.45) is 0. The molecule has 108 valence electrons. The Balaban J connectivity index is 0.00000324. The van der Waals surface area contributed by atoms with Gasteiger partial charge >= 0.3 is 0 Å². The van der Waals surface area contributed by atoms with E-state index in [0.29, 0.717) is 16.6 Å². The average molecular weight is 416 g/mol. The minimum atomic E-state index is -0.0361. The number of hydrogen-bond donors (Lipinski definition) is 2. The summed E-state index contributed by atoms with van der Waals surface area (Å²) in [5.41, 5.74) is 0.948. The number of hydrogen-bond acceptors (Lipinski definition) is 1. The summed E-state index contributed by atoms with van der Waals surface area (Å²) in [6, 6.07) is 5.46. The lowest BCUT2D eigenvalue weighted by atomic mass is 10.1. The number of nitrogens with zero attached hydrogens (tertiary/aromatic N) is 1. The van der Waals surface area contributed by atoms with Crippen LogP contribution >= 0.6 is 47.2 Å². The van der Waals surface area contributed by atoms with Crippen LogP contribution in [0.2, 0.25) is 10.0 Å². The van der Waals surface area contributed by atoms with Crippen molar-refractivity contribution in [2.75, 3.05) is 7.05 Å². The predicted octanol–water partition coefficient (Wildman–Crippen LogP) is 4.07. The highest BCUT2D eigenvalue weighted by atomic mass is 127. The molecule has 3 nitrogen and oxygen atoms in total. The highest BCUT2D eigenvalue weighted by Crippen LogP contribution is 2.20. The van der Waals surface area contributed by atoms with Crippen molar-refractivity contribution >= 4 is 53.1 Å². The van der Waals surface area contributed by atoms with Crippen LogP contribution in [0.25, 0.3) is 0 Å². The average Bonchev–Trinajstić information content (AvgIpc) is 2.24. The Morgan fingerprint density at radius 2 is 1.89 bits per heavy atom. The van der Waals surface area contributed by atoms with E-state index < -0.39 is 0 Å². The molecule has 0 spiro atoms. The second-order valence-corrected chi connectivity index (χ2v) is 5.88. The third-order valence-electron chi connectivity index (χ3n) is 2.18. The summed E-state index contributed by atoms with van der Waals surface area (Å²) < 4.78 is 0. The molecule has 0 unspecified atom stereocenters. The second-order valence-electron chi connectivity index (χ2n) is 5.04. The smallest absolute Gasteiger partial charge is 0.191 e. The van der Waals surface area contributed by atoms with Gasteiger partial charge in [0.15, 0.2) is 5.96 Å². The molecule has 0 aliphatic carbocycles. The fourth-order valence-corrected chi connectivity index (χ4v) is 1.85. The Kier molecular flexibility index (Phi) is 8.08. The first-order valence-corrected chi connectivity index (χ1v) is 6.50. The van der Waals surface area contributed by atoms with Crippen LogP contribution in [0.15, 0.2) is 23.2 Å². The molecule has 0 amide bonds. The highest BCUT2D eigenvalue weighted by molar-refractivity contribution is 14.0. The first kappa shape index (κ1) is 18.8. The van der Waals surface area contributed by atoms with E-state index in [1.54, 1.807) is 13.1 Å². The van der Waals surface area contributed by atoms with Crippen LogP contribution in [-0.4, -0.2) is 18.5 Å². The molecule has 0 saturated carbocycles. The summed E-state index contributed by atoms with van der Waals surface area (Å²) in [5.74, 6) is 0.744. The zero-order chi connectivity index (χ0) is 13.8. The Morgan fingerprint density at radius 1 is 1.26 bits per heavy atom. The van der Waals surface area contributed by atoms with Gasteiger partial charge in [0.2, 0.25) is 0 Å². The molecule has 0 aromatic heterocycles. The molecule has 1 aromatic carbocycles. The topological polar surface area (TPSA) is 36.4 Å². The first-order chi connectivity index (χ1) is 8.31. The Hall–Kier alpha value is -0.200. The number of benzene rings is 1. The zero-order valence-corrected chi connectivity index (χ0v) is 15.4. The van der Waals surface area contributed by atoms with E-state index in [9.17, 15) is 0 Å². The molecular weight excluding hydrogens is 396 g/mol. The first-order valence-electron chi connectivity index (χ1n) is 5.74. The van der Waals surface area contributed by atoms with Crippen LogP contribution in [0.4, 0.5) is 0 Å². The number of halogens is 3. The molecule has 1 aromatic rings. The fourth-order valence-electron chi connectivity index (χ4n) is 1.38. The van der Waals surface area contributed by atoms with Gasteiger partial charge in [0.05, 0.1) is 0 Å². The van der Waals surface area contributed by atoms with Crippen LogP contribution in [0.5, 0.6) is 0 Å². The largest absolute Gasteiger partial charge is 0.352 e. The molecule has 0 aliphatic heterocycles. The van der Waals surface area contributed by atoms with Gasteiger partial charge in [0.1, 0.15) is 0 Å². The van der Waals surface area contributed by atoms with Gasteiger partial charge in [-0.2, -0.15) is 0 Å². The Labute approximate surface area is 142 Å². The molecule has 1 rings (SSSR count). The maximum atomic E-state index is 6.10. The number of aliphatic imine (C=N–C) groups is 1. The van der Waals surface area contributed by atoms with Crippen molar-refractivity contribution in [2.45, 2.75) is 32.9 Å². The van der Waals surface area contributed by atoms with E-state index in [-0.39, 0.29) is 29.5 Å². The molecule has 6 heteroatoms. The van der Waals surface area contributed by atoms with Crippen LogP contribution in [0, 0.1) is 0 Å². The second kappa shape index (κ2) is 8.17. The van der Waals surface area contributed by atoms with Gasteiger partial charge in [-0.1, -0.05) is 29.3 Å². The van der Waals surface area contributed by atoms with Gasteiger partial charge in [0, 0.05) is 29.2 Å². The van der Waals surface area contributed by atoms with Crippen molar-refractivity contribution in [1.82, 2.24) is 10.6 Å². The van der Waals surface area contributed by atoms with E-state index in [2.05, 4.69) is 36.4 Å². The molecule has 0 radical (unpaired) electrons. The van der Waals surface area contributed by atoms with Crippen molar-refractivity contribution in [3.8, 4) is 0 Å². The van der Waals surface area contributed by atoms with Crippen molar-refractivity contribution in [1.29, 1.82) is 0 Å². The van der Waals surface area contributed by atoms with Crippen LogP contribution in [0.1, 0.15) is 26.3 Å². The van der Waals surface area contributed by atoms with Crippen LogP contribution in [-0.2, 0) is 6.54 Å². The zero-order valence-electron chi connectivity index (χ0n) is 11.6. The minimum absolute atomic E-state index is 0. The summed E-state index contributed by atoms with van der Waals surface area (Å²) in [4.78, 5) is 4.16. The third-order valence-corrected chi connectivity index (χ3v) is 2.77. The molecule has 0 aliphatic rings. The lowest BCUT2D eigenvalue weighted by molar-refractivity contribution is 0.501.